The minimum atomic E-state index is -4.41. The number of aromatic nitrogens is 1. The largest absolute Gasteiger partial charge is 0.416 e. The third kappa shape index (κ3) is 2.82. The van der Waals surface area contributed by atoms with Crippen molar-refractivity contribution in [3.8, 4) is 0 Å². The van der Waals surface area contributed by atoms with Crippen molar-refractivity contribution in [2.45, 2.75) is 51.4 Å². The van der Waals surface area contributed by atoms with Crippen molar-refractivity contribution in [3.63, 3.8) is 0 Å². The molecule has 0 bridgehead atoms. The van der Waals surface area contributed by atoms with Gasteiger partial charge in [0, 0.05) is 12.1 Å². The van der Waals surface area contributed by atoms with Crippen molar-refractivity contribution >= 4 is 11.6 Å². The molecule has 1 aliphatic heterocycles. The molecule has 0 aromatic carbocycles. The zero-order valence-electron chi connectivity index (χ0n) is 11.5. The van der Waals surface area contributed by atoms with Gasteiger partial charge in [-0.05, 0) is 38.3 Å². The predicted octanol–water partition coefficient (Wildman–Crippen LogP) is 3.15. The van der Waals surface area contributed by atoms with Crippen molar-refractivity contribution in [1.82, 2.24) is 4.98 Å². The molecule has 0 amide bonds. The van der Waals surface area contributed by atoms with Crippen LogP contribution in [0.15, 0.2) is 12.1 Å². The number of pyridine rings is 1. The van der Waals surface area contributed by atoms with Crippen LogP contribution in [0.5, 0.6) is 0 Å². The van der Waals surface area contributed by atoms with Crippen LogP contribution in [-0.2, 0) is 6.18 Å². The van der Waals surface area contributed by atoms with Gasteiger partial charge in [0.05, 0.1) is 5.56 Å². The topological polar surface area (TPSA) is 54.2 Å². The average Bonchev–Trinajstić information content (AvgIpc) is 2.78. The van der Waals surface area contributed by atoms with Gasteiger partial charge in [0.15, 0.2) is 0 Å². The highest BCUT2D eigenvalue weighted by Gasteiger charge is 2.35. The summed E-state index contributed by atoms with van der Waals surface area (Å²) in [6.07, 6.45) is -1.59. The second-order valence-electron chi connectivity index (χ2n) is 5.14. The molecular weight excluding hydrogens is 269 g/mol. The fourth-order valence-electron chi connectivity index (χ4n) is 2.77. The van der Waals surface area contributed by atoms with Crippen LogP contribution in [0, 0.1) is 0 Å². The zero-order chi connectivity index (χ0) is 14.9. The summed E-state index contributed by atoms with van der Waals surface area (Å²) in [4.78, 5) is 6.15. The van der Waals surface area contributed by atoms with Crippen LogP contribution in [0.25, 0.3) is 0 Å². The Balaban J connectivity index is 2.45. The maximum absolute atomic E-state index is 12.9. The molecule has 2 atom stereocenters. The summed E-state index contributed by atoms with van der Waals surface area (Å²) < 4.78 is 38.8. The fraction of sp³-hybridized carbons (Fsp3) is 0.615. The van der Waals surface area contributed by atoms with Crippen LogP contribution in [-0.4, -0.2) is 17.1 Å². The highest BCUT2D eigenvalue weighted by molar-refractivity contribution is 5.52. The molecule has 2 unspecified atom stereocenters. The second kappa shape index (κ2) is 5.47. The molecule has 1 aromatic rings. The van der Waals surface area contributed by atoms with E-state index in [-0.39, 0.29) is 17.9 Å². The monoisotopic (exact) mass is 288 g/mol. The van der Waals surface area contributed by atoms with Gasteiger partial charge in [0.2, 0.25) is 0 Å². The van der Waals surface area contributed by atoms with Gasteiger partial charge in [-0.25, -0.2) is 10.8 Å². The van der Waals surface area contributed by atoms with Crippen molar-refractivity contribution in [3.05, 3.63) is 17.7 Å². The number of nitrogen functional groups attached to an aromatic ring is 1. The number of nitrogens with one attached hydrogen (secondary N) is 1. The number of hydrogen-bond donors (Lipinski definition) is 2. The van der Waals surface area contributed by atoms with Gasteiger partial charge in [0.1, 0.15) is 11.6 Å². The Morgan fingerprint density at radius 2 is 2.10 bits per heavy atom. The van der Waals surface area contributed by atoms with E-state index in [0.717, 1.165) is 31.4 Å². The number of anilines is 2. The van der Waals surface area contributed by atoms with Crippen molar-refractivity contribution in [2.24, 2.45) is 5.84 Å². The molecule has 112 valence electrons. The normalized spacial score (nSPS) is 23.2. The smallest absolute Gasteiger partial charge is 0.351 e. The van der Waals surface area contributed by atoms with E-state index in [0.29, 0.717) is 5.82 Å². The molecule has 1 aromatic heterocycles. The standard InChI is InChI=1S/C13H19F3N4/c1-3-10-5-4-8(2)20(10)12-7-9(13(14,15)16)6-11(18-12)19-17/h6-8,10H,3-5,17H2,1-2H3,(H,18,19). The van der Waals surface area contributed by atoms with E-state index >= 15 is 0 Å². The van der Waals surface area contributed by atoms with E-state index < -0.39 is 11.7 Å². The first-order valence-corrected chi connectivity index (χ1v) is 6.71. The second-order valence-corrected chi connectivity index (χ2v) is 5.14. The molecule has 0 saturated carbocycles. The molecule has 1 fully saturated rings. The Morgan fingerprint density at radius 1 is 1.40 bits per heavy atom. The summed E-state index contributed by atoms with van der Waals surface area (Å²) in [7, 11) is 0. The third-order valence-corrected chi connectivity index (χ3v) is 3.81. The number of halogens is 3. The van der Waals surface area contributed by atoms with E-state index in [4.69, 9.17) is 5.84 Å². The minimum Gasteiger partial charge on any atom is -0.351 e. The summed E-state index contributed by atoms with van der Waals surface area (Å²) in [5.74, 6) is 5.60. The number of nitrogens with two attached hydrogens (primary N) is 1. The van der Waals surface area contributed by atoms with E-state index in [9.17, 15) is 13.2 Å². The average molecular weight is 288 g/mol. The van der Waals surface area contributed by atoms with Crippen LogP contribution in [0.3, 0.4) is 0 Å². The molecule has 2 rings (SSSR count). The van der Waals surface area contributed by atoms with Gasteiger partial charge >= 0.3 is 6.18 Å². The van der Waals surface area contributed by atoms with Gasteiger partial charge < -0.3 is 10.3 Å². The SMILES string of the molecule is CCC1CCC(C)N1c1cc(C(F)(F)F)cc(NN)n1. The molecule has 7 heteroatoms. The van der Waals surface area contributed by atoms with Crippen molar-refractivity contribution in [1.29, 1.82) is 0 Å². The Bertz CT molecular complexity index is 475. The number of rotatable bonds is 3. The number of hydrogen-bond acceptors (Lipinski definition) is 4. The third-order valence-electron chi connectivity index (χ3n) is 3.81. The van der Waals surface area contributed by atoms with Crippen LogP contribution in [0.2, 0.25) is 0 Å². The van der Waals surface area contributed by atoms with Gasteiger partial charge in [-0.1, -0.05) is 6.92 Å². The molecule has 0 radical (unpaired) electrons. The van der Waals surface area contributed by atoms with E-state index in [2.05, 4.69) is 10.4 Å². The number of hydrazine groups is 1. The lowest BCUT2D eigenvalue weighted by Gasteiger charge is -2.30. The first kappa shape index (κ1) is 14.9. The molecule has 3 N–H and O–H groups in total. The maximum atomic E-state index is 12.9. The zero-order valence-corrected chi connectivity index (χ0v) is 11.5. The lowest BCUT2D eigenvalue weighted by molar-refractivity contribution is -0.137. The van der Waals surface area contributed by atoms with Gasteiger partial charge in [-0.3, -0.25) is 0 Å². The van der Waals surface area contributed by atoms with Crippen LogP contribution in [0.4, 0.5) is 24.8 Å². The highest BCUT2D eigenvalue weighted by Crippen LogP contribution is 2.36. The molecule has 1 aliphatic rings. The van der Waals surface area contributed by atoms with E-state index in [1.807, 2.05) is 18.7 Å². The number of alkyl halides is 3. The lowest BCUT2D eigenvalue weighted by Crippen LogP contribution is -2.35. The lowest BCUT2D eigenvalue weighted by atomic mass is 10.1. The Morgan fingerprint density at radius 3 is 2.65 bits per heavy atom. The van der Waals surface area contributed by atoms with Crippen LogP contribution >= 0.6 is 0 Å². The van der Waals surface area contributed by atoms with Crippen LogP contribution in [0.1, 0.15) is 38.7 Å². The summed E-state index contributed by atoms with van der Waals surface area (Å²) in [5.41, 5.74) is 1.48. The van der Waals surface area contributed by atoms with Gasteiger partial charge in [-0.15, -0.1) is 0 Å². The molecule has 1 saturated heterocycles. The van der Waals surface area contributed by atoms with E-state index in [1.54, 1.807) is 0 Å². The summed E-state index contributed by atoms with van der Waals surface area (Å²) in [6, 6.07) is 2.43. The highest BCUT2D eigenvalue weighted by atomic mass is 19.4. The molecule has 4 nitrogen and oxygen atoms in total. The maximum Gasteiger partial charge on any atom is 0.416 e. The quantitative estimate of drug-likeness (QED) is 0.662. The fourth-order valence-corrected chi connectivity index (χ4v) is 2.77. The minimum absolute atomic E-state index is 0.0313. The van der Waals surface area contributed by atoms with Crippen molar-refractivity contribution in [2.75, 3.05) is 10.3 Å². The Hall–Kier alpha value is -1.50. The van der Waals surface area contributed by atoms with Gasteiger partial charge in [-0.2, -0.15) is 13.2 Å². The predicted molar refractivity (Wildman–Crippen MR) is 72.3 cm³/mol. The van der Waals surface area contributed by atoms with Crippen molar-refractivity contribution < 1.29 is 13.2 Å². The first-order valence-electron chi connectivity index (χ1n) is 6.71. The van der Waals surface area contributed by atoms with E-state index in [1.165, 1.54) is 0 Å². The Labute approximate surface area is 116 Å². The summed E-state index contributed by atoms with van der Waals surface area (Å²) in [5, 5.41) is 0. The molecule has 0 spiro atoms. The summed E-state index contributed by atoms with van der Waals surface area (Å²) in [6.45, 7) is 4.04. The van der Waals surface area contributed by atoms with Gasteiger partial charge in [0.25, 0.3) is 0 Å². The molecule has 2 heterocycles. The Kier molecular flexibility index (Phi) is 4.08. The summed E-state index contributed by atoms with van der Waals surface area (Å²) >= 11 is 0. The molecule has 0 aliphatic carbocycles. The molecular formula is C13H19F3N4. The number of nitrogens with zero attached hydrogens (tertiary/aromatic N) is 2. The van der Waals surface area contributed by atoms with Crippen LogP contribution < -0.4 is 16.2 Å². The molecule has 20 heavy (non-hydrogen) atoms. The first-order chi connectivity index (χ1) is 9.36.